The standard InChI is InChI=1S/C18H22BrN9O5/c1-9-15(19)11(3)27(23-9)8-14(29)20-5-6-21-17(30)18-22-13(25-33-18)7-26-12(4)16(28(31)32)10(2)24-26/h5-8H2,1-4H3,(H,20,29)(H,21,30). The first kappa shape index (κ1) is 24.0. The lowest BCUT2D eigenvalue weighted by Crippen LogP contribution is -2.36. The maximum absolute atomic E-state index is 12.2. The van der Waals surface area contributed by atoms with E-state index in [4.69, 9.17) is 4.52 Å². The molecule has 2 amide bonds. The van der Waals surface area contributed by atoms with Crippen molar-refractivity contribution in [2.75, 3.05) is 13.1 Å². The molecule has 3 aromatic rings. The zero-order chi connectivity index (χ0) is 24.3. The largest absolute Gasteiger partial charge is 0.353 e. The lowest BCUT2D eigenvalue weighted by Gasteiger charge is -2.07. The molecule has 3 rings (SSSR count). The molecule has 0 aromatic carbocycles. The number of carbonyl (C=O) groups excluding carboxylic acids is 2. The van der Waals surface area contributed by atoms with Crippen LogP contribution in [0.4, 0.5) is 5.69 Å². The number of hydrogen-bond acceptors (Lipinski definition) is 9. The summed E-state index contributed by atoms with van der Waals surface area (Å²) in [6.07, 6.45) is 0. The highest BCUT2D eigenvalue weighted by atomic mass is 79.9. The molecule has 2 N–H and O–H groups in total. The van der Waals surface area contributed by atoms with Gasteiger partial charge in [0.15, 0.2) is 5.82 Å². The minimum atomic E-state index is -0.607. The summed E-state index contributed by atoms with van der Waals surface area (Å²) in [5, 5.41) is 28.5. The second-order valence-electron chi connectivity index (χ2n) is 7.20. The van der Waals surface area contributed by atoms with E-state index in [1.807, 2.05) is 13.8 Å². The summed E-state index contributed by atoms with van der Waals surface area (Å²) in [5.74, 6) is -0.976. The molecule has 0 saturated heterocycles. The fraction of sp³-hybridized carbons (Fsp3) is 0.444. The second-order valence-corrected chi connectivity index (χ2v) is 7.99. The van der Waals surface area contributed by atoms with Crippen LogP contribution < -0.4 is 10.6 Å². The Balaban J connectivity index is 1.47. The third-order valence-corrected chi connectivity index (χ3v) is 5.95. The van der Waals surface area contributed by atoms with Crippen molar-refractivity contribution < 1.29 is 19.0 Å². The lowest BCUT2D eigenvalue weighted by atomic mass is 10.3. The Kier molecular flexibility index (Phi) is 7.20. The quantitative estimate of drug-likeness (QED) is 0.235. The van der Waals surface area contributed by atoms with E-state index in [9.17, 15) is 19.7 Å². The van der Waals surface area contributed by atoms with Crippen LogP contribution in [-0.2, 0) is 17.9 Å². The van der Waals surface area contributed by atoms with Crippen LogP contribution in [0.25, 0.3) is 0 Å². The van der Waals surface area contributed by atoms with E-state index >= 15 is 0 Å². The summed E-state index contributed by atoms with van der Waals surface area (Å²) in [7, 11) is 0. The third kappa shape index (κ3) is 5.42. The topological polar surface area (TPSA) is 176 Å². The summed E-state index contributed by atoms with van der Waals surface area (Å²) in [6.45, 7) is 7.20. The van der Waals surface area contributed by atoms with Gasteiger partial charge in [-0.25, -0.2) is 0 Å². The predicted octanol–water partition coefficient (Wildman–Crippen LogP) is 0.961. The second kappa shape index (κ2) is 9.89. The molecule has 0 fully saturated rings. The molecule has 0 spiro atoms. The van der Waals surface area contributed by atoms with E-state index in [1.54, 1.807) is 11.6 Å². The molecule has 0 saturated carbocycles. The molecule has 3 heterocycles. The van der Waals surface area contributed by atoms with Gasteiger partial charge in [0.05, 0.1) is 20.8 Å². The van der Waals surface area contributed by atoms with Gasteiger partial charge in [0, 0.05) is 13.1 Å². The minimum absolute atomic E-state index is 0.00971. The molecule has 14 nitrogen and oxygen atoms in total. The van der Waals surface area contributed by atoms with Crippen LogP contribution in [0.1, 0.15) is 39.3 Å². The van der Waals surface area contributed by atoms with Gasteiger partial charge in [0.25, 0.3) is 0 Å². The Labute approximate surface area is 196 Å². The molecule has 33 heavy (non-hydrogen) atoms. The fourth-order valence-electron chi connectivity index (χ4n) is 3.12. The highest BCUT2D eigenvalue weighted by Gasteiger charge is 2.23. The van der Waals surface area contributed by atoms with Crippen LogP contribution in [0.5, 0.6) is 0 Å². The zero-order valence-electron chi connectivity index (χ0n) is 18.4. The van der Waals surface area contributed by atoms with Gasteiger partial charge < -0.3 is 15.2 Å². The minimum Gasteiger partial charge on any atom is -0.353 e. The first-order chi connectivity index (χ1) is 15.6. The molecular weight excluding hydrogens is 502 g/mol. The molecule has 15 heteroatoms. The number of amides is 2. The van der Waals surface area contributed by atoms with Gasteiger partial charge in [-0.3, -0.25) is 29.1 Å². The van der Waals surface area contributed by atoms with Crippen molar-refractivity contribution in [1.29, 1.82) is 0 Å². The van der Waals surface area contributed by atoms with Crippen LogP contribution in [0, 0.1) is 37.8 Å². The average Bonchev–Trinajstić information content (AvgIpc) is 3.39. The number of nitrogens with one attached hydrogen (secondary N) is 2. The van der Waals surface area contributed by atoms with E-state index in [0.717, 1.165) is 15.9 Å². The van der Waals surface area contributed by atoms with E-state index in [0.29, 0.717) is 5.69 Å². The number of halogens is 1. The Morgan fingerprint density at radius 2 is 1.73 bits per heavy atom. The van der Waals surface area contributed by atoms with Gasteiger partial charge in [-0.1, -0.05) is 5.16 Å². The Morgan fingerprint density at radius 1 is 1.06 bits per heavy atom. The molecule has 0 aliphatic carbocycles. The summed E-state index contributed by atoms with van der Waals surface area (Å²) in [4.78, 5) is 38.9. The van der Waals surface area contributed by atoms with Crippen molar-refractivity contribution in [3.05, 3.63) is 49.1 Å². The summed E-state index contributed by atoms with van der Waals surface area (Å²) < 4.78 is 8.77. The molecule has 0 aliphatic rings. The number of nitrogens with zero attached hydrogens (tertiary/aromatic N) is 7. The van der Waals surface area contributed by atoms with Gasteiger partial charge in [-0.05, 0) is 43.6 Å². The third-order valence-electron chi connectivity index (χ3n) is 4.80. The van der Waals surface area contributed by atoms with Crippen LogP contribution >= 0.6 is 15.9 Å². The molecule has 0 bridgehead atoms. The Bertz CT molecular complexity index is 1210. The summed E-state index contributed by atoms with van der Waals surface area (Å²) in [6, 6.07) is 0. The number of nitro groups is 1. The van der Waals surface area contributed by atoms with E-state index in [-0.39, 0.29) is 55.2 Å². The van der Waals surface area contributed by atoms with Crippen molar-refractivity contribution in [3.8, 4) is 0 Å². The SMILES string of the molecule is Cc1nn(CC(=O)NCCNC(=O)c2nc(Cn3nc(C)c([N+](=O)[O-])c3C)no2)c(C)c1Br. The molecule has 0 aliphatic heterocycles. The first-order valence-corrected chi connectivity index (χ1v) is 10.6. The van der Waals surface area contributed by atoms with Crippen molar-refractivity contribution >= 4 is 33.4 Å². The van der Waals surface area contributed by atoms with Gasteiger partial charge in [0.2, 0.25) is 5.91 Å². The number of carbonyl (C=O) groups is 2. The smallest absolute Gasteiger partial charge is 0.316 e. The molecule has 0 atom stereocenters. The molecule has 0 radical (unpaired) electrons. The Hall–Kier alpha value is -3.62. The maximum Gasteiger partial charge on any atom is 0.316 e. The normalized spacial score (nSPS) is 10.9. The van der Waals surface area contributed by atoms with Crippen molar-refractivity contribution in [2.45, 2.75) is 40.8 Å². The highest BCUT2D eigenvalue weighted by molar-refractivity contribution is 9.10. The fourth-order valence-corrected chi connectivity index (χ4v) is 3.41. The van der Waals surface area contributed by atoms with Gasteiger partial charge in [0.1, 0.15) is 24.5 Å². The monoisotopic (exact) mass is 523 g/mol. The van der Waals surface area contributed by atoms with Crippen LogP contribution in [0.3, 0.4) is 0 Å². The van der Waals surface area contributed by atoms with Gasteiger partial charge >= 0.3 is 17.5 Å². The highest BCUT2D eigenvalue weighted by Crippen LogP contribution is 2.22. The van der Waals surface area contributed by atoms with Crippen molar-refractivity contribution in [1.82, 2.24) is 40.3 Å². The summed E-state index contributed by atoms with van der Waals surface area (Å²) >= 11 is 3.41. The van der Waals surface area contributed by atoms with Gasteiger partial charge in [-0.15, -0.1) is 0 Å². The van der Waals surface area contributed by atoms with Crippen molar-refractivity contribution in [3.63, 3.8) is 0 Å². The average molecular weight is 524 g/mol. The van der Waals surface area contributed by atoms with Crippen LogP contribution in [-0.4, -0.2) is 59.5 Å². The first-order valence-electron chi connectivity index (χ1n) is 9.83. The van der Waals surface area contributed by atoms with Crippen LogP contribution in [0.2, 0.25) is 0 Å². The van der Waals surface area contributed by atoms with Crippen molar-refractivity contribution in [2.24, 2.45) is 0 Å². The number of aryl methyl sites for hydroxylation is 2. The van der Waals surface area contributed by atoms with E-state index in [2.05, 4.69) is 46.9 Å². The zero-order valence-corrected chi connectivity index (χ0v) is 20.0. The number of hydrogen-bond donors (Lipinski definition) is 2. The number of aromatic nitrogens is 6. The van der Waals surface area contributed by atoms with E-state index < -0.39 is 10.8 Å². The Morgan fingerprint density at radius 3 is 2.33 bits per heavy atom. The molecule has 3 aromatic heterocycles. The predicted molar refractivity (Wildman–Crippen MR) is 116 cm³/mol. The number of rotatable bonds is 9. The molecule has 0 unspecified atom stereocenters. The lowest BCUT2D eigenvalue weighted by molar-refractivity contribution is -0.386. The molecular formula is C18H22BrN9O5. The van der Waals surface area contributed by atoms with Crippen LogP contribution in [0.15, 0.2) is 9.00 Å². The van der Waals surface area contributed by atoms with E-state index in [1.165, 1.54) is 11.6 Å². The van der Waals surface area contributed by atoms with Gasteiger partial charge in [-0.2, -0.15) is 15.2 Å². The summed E-state index contributed by atoms with van der Waals surface area (Å²) in [5.41, 5.74) is 2.17. The maximum atomic E-state index is 12.2. The molecule has 176 valence electrons.